The summed E-state index contributed by atoms with van der Waals surface area (Å²) in [7, 11) is 0. The van der Waals surface area contributed by atoms with Crippen LogP contribution in [-0.2, 0) is 0 Å². The third kappa shape index (κ3) is 2.86. The number of carbonyl (C=O) groups is 1. The summed E-state index contributed by atoms with van der Waals surface area (Å²) in [5.41, 5.74) is 0.150. The van der Waals surface area contributed by atoms with Crippen LogP contribution in [0.4, 0.5) is 4.39 Å². The summed E-state index contributed by atoms with van der Waals surface area (Å²) >= 11 is 5.80. The fourth-order valence-electron chi connectivity index (χ4n) is 2.43. The van der Waals surface area contributed by atoms with Gasteiger partial charge in [-0.25, -0.2) is 4.39 Å². The van der Waals surface area contributed by atoms with Crippen LogP contribution in [0.15, 0.2) is 18.2 Å². The third-order valence-electron chi connectivity index (χ3n) is 3.58. The van der Waals surface area contributed by atoms with Crippen molar-refractivity contribution in [2.45, 2.75) is 32.6 Å². The predicted molar refractivity (Wildman–Crippen MR) is 66.9 cm³/mol. The van der Waals surface area contributed by atoms with Gasteiger partial charge in [-0.15, -0.1) is 0 Å². The molecule has 1 aromatic rings. The molecule has 0 N–H and O–H groups in total. The second-order valence-electron chi connectivity index (χ2n) is 4.95. The molecule has 0 atom stereocenters. The Morgan fingerprint density at radius 2 is 1.94 bits per heavy atom. The first kappa shape index (κ1) is 12.6. The van der Waals surface area contributed by atoms with Crippen molar-refractivity contribution in [1.82, 2.24) is 0 Å². The van der Waals surface area contributed by atoms with E-state index in [1.165, 1.54) is 18.2 Å². The highest BCUT2D eigenvalue weighted by Gasteiger charge is 2.26. The number of Topliss-reactive ketones (excluding diaryl/α,β-unsaturated/α-hetero) is 1. The molecule has 2 rings (SSSR count). The first-order chi connectivity index (χ1) is 8.08. The Balaban J connectivity index is 2.16. The highest BCUT2D eigenvalue weighted by atomic mass is 35.5. The standard InChI is InChI=1S/C14H16ClFO/c1-9-2-4-10(5-3-9)14(17)12-8-11(15)6-7-13(12)16/h6-10H,2-5H2,1H3. The van der Waals surface area contributed by atoms with E-state index >= 15 is 0 Å². The molecule has 1 saturated carbocycles. The molecule has 1 aliphatic rings. The van der Waals surface area contributed by atoms with Crippen LogP contribution < -0.4 is 0 Å². The number of rotatable bonds is 2. The van der Waals surface area contributed by atoms with Crippen LogP contribution in [0.3, 0.4) is 0 Å². The van der Waals surface area contributed by atoms with E-state index in [9.17, 15) is 9.18 Å². The summed E-state index contributed by atoms with van der Waals surface area (Å²) in [6.07, 6.45) is 3.84. The minimum absolute atomic E-state index is 0.0285. The molecule has 0 unspecified atom stereocenters. The zero-order valence-electron chi connectivity index (χ0n) is 9.88. The lowest BCUT2D eigenvalue weighted by Gasteiger charge is -2.25. The molecule has 0 amide bonds. The summed E-state index contributed by atoms with van der Waals surface area (Å²) in [6, 6.07) is 4.18. The maximum absolute atomic E-state index is 13.6. The van der Waals surface area contributed by atoms with E-state index in [1.807, 2.05) is 0 Å². The normalized spacial score (nSPS) is 24.6. The predicted octanol–water partition coefficient (Wildman–Crippen LogP) is 4.49. The van der Waals surface area contributed by atoms with Crippen LogP contribution in [0.2, 0.25) is 5.02 Å². The number of ketones is 1. The van der Waals surface area contributed by atoms with Crippen molar-refractivity contribution < 1.29 is 9.18 Å². The molecule has 0 heterocycles. The van der Waals surface area contributed by atoms with Gasteiger partial charge < -0.3 is 0 Å². The van der Waals surface area contributed by atoms with Gasteiger partial charge in [0, 0.05) is 10.9 Å². The number of benzene rings is 1. The summed E-state index contributed by atoms with van der Waals surface area (Å²) in [5, 5.41) is 0.416. The smallest absolute Gasteiger partial charge is 0.168 e. The van der Waals surface area contributed by atoms with Crippen molar-refractivity contribution in [1.29, 1.82) is 0 Å². The monoisotopic (exact) mass is 254 g/mol. The molecule has 1 nitrogen and oxygen atoms in total. The molecule has 1 aromatic carbocycles. The van der Waals surface area contributed by atoms with E-state index in [0.717, 1.165) is 25.7 Å². The van der Waals surface area contributed by atoms with Gasteiger partial charge in [-0.2, -0.15) is 0 Å². The Morgan fingerprint density at radius 3 is 2.59 bits per heavy atom. The molecule has 0 radical (unpaired) electrons. The molecule has 0 aromatic heterocycles. The molecule has 0 spiro atoms. The lowest BCUT2D eigenvalue weighted by molar-refractivity contribution is 0.0871. The van der Waals surface area contributed by atoms with Gasteiger partial charge in [-0.1, -0.05) is 31.4 Å². The van der Waals surface area contributed by atoms with Crippen molar-refractivity contribution in [2.24, 2.45) is 11.8 Å². The SMILES string of the molecule is CC1CCC(C(=O)c2cc(Cl)ccc2F)CC1. The first-order valence-corrected chi connectivity index (χ1v) is 6.45. The summed E-state index contributed by atoms with van der Waals surface area (Å²) in [4.78, 5) is 12.2. The second kappa shape index (κ2) is 5.18. The van der Waals surface area contributed by atoms with Crippen LogP contribution >= 0.6 is 11.6 Å². The van der Waals surface area contributed by atoms with Gasteiger partial charge >= 0.3 is 0 Å². The number of halogens is 2. The minimum Gasteiger partial charge on any atom is -0.294 e. The minimum atomic E-state index is -0.460. The van der Waals surface area contributed by atoms with Gasteiger partial charge in [0.25, 0.3) is 0 Å². The topological polar surface area (TPSA) is 17.1 Å². The number of carbonyl (C=O) groups excluding carboxylic acids is 1. The highest BCUT2D eigenvalue weighted by Crippen LogP contribution is 2.31. The van der Waals surface area contributed by atoms with Crippen molar-refractivity contribution in [2.75, 3.05) is 0 Å². The van der Waals surface area contributed by atoms with E-state index in [1.54, 1.807) is 0 Å². The number of hydrogen-bond donors (Lipinski definition) is 0. The van der Waals surface area contributed by atoms with Gasteiger partial charge in [0.15, 0.2) is 5.78 Å². The zero-order chi connectivity index (χ0) is 12.4. The van der Waals surface area contributed by atoms with Crippen molar-refractivity contribution in [3.63, 3.8) is 0 Å². The maximum atomic E-state index is 13.6. The Bertz CT molecular complexity index is 422. The Hall–Kier alpha value is -0.890. The zero-order valence-corrected chi connectivity index (χ0v) is 10.6. The third-order valence-corrected chi connectivity index (χ3v) is 3.82. The van der Waals surface area contributed by atoms with Crippen LogP contribution in [0.25, 0.3) is 0 Å². The molecule has 0 aliphatic heterocycles. The summed E-state index contributed by atoms with van der Waals surface area (Å²) in [6.45, 7) is 2.20. The average molecular weight is 255 g/mol. The second-order valence-corrected chi connectivity index (χ2v) is 5.38. The van der Waals surface area contributed by atoms with Crippen molar-refractivity contribution in [3.8, 4) is 0 Å². The molecule has 3 heteroatoms. The average Bonchev–Trinajstić information content (AvgIpc) is 2.32. The Morgan fingerprint density at radius 1 is 1.29 bits per heavy atom. The fraction of sp³-hybridized carbons (Fsp3) is 0.500. The van der Waals surface area contributed by atoms with Crippen LogP contribution in [0.1, 0.15) is 43.0 Å². The number of hydrogen-bond acceptors (Lipinski definition) is 1. The van der Waals surface area contributed by atoms with E-state index < -0.39 is 5.82 Å². The molecule has 1 fully saturated rings. The maximum Gasteiger partial charge on any atom is 0.168 e. The molecule has 0 saturated heterocycles. The first-order valence-electron chi connectivity index (χ1n) is 6.07. The summed E-state index contributed by atoms with van der Waals surface area (Å²) in [5.74, 6) is 0.109. The van der Waals surface area contributed by atoms with Gasteiger partial charge in [0.2, 0.25) is 0 Å². The lowest BCUT2D eigenvalue weighted by Crippen LogP contribution is -2.21. The van der Waals surface area contributed by atoms with Crippen LogP contribution in [-0.4, -0.2) is 5.78 Å². The van der Waals surface area contributed by atoms with Crippen LogP contribution in [0.5, 0.6) is 0 Å². The van der Waals surface area contributed by atoms with Gasteiger partial charge in [-0.3, -0.25) is 4.79 Å². The molecule has 0 bridgehead atoms. The molecule has 1 aliphatic carbocycles. The lowest BCUT2D eigenvalue weighted by atomic mass is 9.79. The molecule has 17 heavy (non-hydrogen) atoms. The Kier molecular flexibility index (Phi) is 3.82. The van der Waals surface area contributed by atoms with Crippen molar-refractivity contribution in [3.05, 3.63) is 34.6 Å². The molecular weight excluding hydrogens is 239 g/mol. The van der Waals surface area contributed by atoms with Gasteiger partial charge in [-0.05, 0) is 37.0 Å². The van der Waals surface area contributed by atoms with Gasteiger partial charge in [0.05, 0.1) is 5.56 Å². The van der Waals surface area contributed by atoms with Crippen molar-refractivity contribution >= 4 is 17.4 Å². The van der Waals surface area contributed by atoms with E-state index in [0.29, 0.717) is 10.9 Å². The van der Waals surface area contributed by atoms with E-state index in [-0.39, 0.29) is 17.3 Å². The van der Waals surface area contributed by atoms with E-state index in [2.05, 4.69) is 6.92 Å². The quantitative estimate of drug-likeness (QED) is 0.711. The largest absolute Gasteiger partial charge is 0.294 e. The molecule has 92 valence electrons. The molecular formula is C14H16ClFO. The Labute approximate surface area is 106 Å². The fourth-order valence-corrected chi connectivity index (χ4v) is 2.60. The van der Waals surface area contributed by atoms with Crippen LogP contribution in [0, 0.1) is 17.7 Å². The van der Waals surface area contributed by atoms with Gasteiger partial charge in [0.1, 0.15) is 5.82 Å². The summed E-state index contributed by atoms with van der Waals surface area (Å²) < 4.78 is 13.6. The van der Waals surface area contributed by atoms with E-state index in [4.69, 9.17) is 11.6 Å². The highest BCUT2D eigenvalue weighted by molar-refractivity contribution is 6.31.